The van der Waals surface area contributed by atoms with Gasteiger partial charge in [0.2, 0.25) is 5.76 Å². The van der Waals surface area contributed by atoms with Gasteiger partial charge < -0.3 is 9.84 Å². The van der Waals surface area contributed by atoms with E-state index in [-0.39, 0.29) is 11.5 Å². The van der Waals surface area contributed by atoms with E-state index in [0.29, 0.717) is 0 Å². The summed E-state index contributed by atoms with van der Waals surface area (Å²) in [5, 5.41) is 8.28. The topological polar surface area (TPSA) is 63.6 Å². The fourth-order valence-corrected chi connectivity index (χ4v) is 0.393. The van der Waals surface area contributed by atoms with Crippen molar-refractivity contribution in [2.75, 3.05) is 7.11 Å². The lowest BCUT2D eigenvalue weighted by Gasteiger charge is -1.96. The smallest absolute Gasteiger partial charge is 0.371 e. The van der Waals surface area contributed by atoms with Crippen LogP contribution in [-0.4, -0.2) is 24.0 Å². The molecule has 4 heteroatoms. The Morgan fingerprint density at radius 2 is 1.75 bits per heavy atom. The Morgan fingerprint density at radius 3 is 1.83 bits per heavy atom. The van der Waals surface area contributed by atoms with Crippen LogP contribution in [0, 0.1) is 0 Å². The van der Waals surface area contributed by atoms with E-state index in [9.17, 15) is 9.59 Å². The van der Waals surface area contributed by atoms with Crippen molar-refractivity contribution in [3.63, 3.8) is 0 Å². The molecule has 70 valence electrons. The monoisotopic (exact) mass is 174 g/mol. The third kappa shape index (κ3) is 6.80. The van der Waals surface area contributed by atoms with Gasteiger partial charge in [0.1, 0.15) is 0 Å². The van der Waals surface area contributed by atoms with Gasteiger partial charge in [0.15, 0.2) is 5.78 Å². The van der Waals surface area contributed by atoms with E-state index in [1.54, 1.807) is 0 Å². The molecule has 0 unspecified atom stereocenters. The van der Waals surface area contributed by atoms with Crippen LogP contribution in [-0.2, 0) is 14.3 Å². The molecule has 0 aliphatic rings. The molecule has 0 aromatic rings. The second-order valence-corrected chi connectivity index (χ2v) is 1.63. The number of hydrogen-bond acceptors (Lipinski definition) is 3. The summed E-state index contributed by atoms with van der Waals surface area (Å²) in [4.78, 5) is 20.4. The highest BCUT2D eigenvalue weighted by Gasteiger charge is 2.06. The molecule has 0 fully saturated rings. The van der Waals surface area contributed by atoms with Crippen LogP contribution in [0.5, 0.6) is 0 Å². The molecule has 0 heterocycles. The maximum Gasteiger partial charge on any atom is 0.371 e. The summed E-state index contributed by atoms with van der Waals surface area (Å²) in [6, 6.07) is 0. The molecule has 0 aromatic carbocycles. The van der Waals surface area contributed by atoms with Crippen LogP contribution >= 0.6 is 0 Å². The fraction of sp³-hybridized carbons (Fsp3) is 0.500. The molecular weight excluding hydrogens is 160 g/mol. The summed E-state index contributed by atoms with van der Waals surface area (Å²) in [6.07, 6.45) is 0.919. The normalized spacial score (nSPS) is 9.50. The first-order valence-corrected chi connectivity index (χ1v) is 3.57. The summed E-state index contributed by atoms with van der Waals surface area (Å²) in [5.41, 5.74) is 0. The number of carbonyl (C=O) groups is 2. The molecule has 0 saturated carbocycles. The fourth-order valence-electron chi connectivity index (χ4n) is 0.393. The molecule has 0 radical (unpaired) electrons. The summed E-state index contributed by atoms with van der Waals surface area (Å²) >= 11 is 0. The predicted molar refractivity (Wildman–Crippen MR) is 44.8 cm³/mol. The first kappa shape index (κ1) is 13.3. The molecule has 0 aromatic heterocycles. The van der Waals surface area contributed by atoms with Gasteiger partial charge in [-0.25, -0.2) is 4.79 Å². The molecule has 0 aliphatic carbocycles. The Bertz CT molecular complexity index is 181. The van der Waals surface area contributed by atoms with Crippen LogP contribution in [0.1, 0.15) is 20.8 Å². The van der Waals surface area contributed by atoms with Crippen LogP contribution in [0.3, 0.4) is 0 Å². The zero-order valence-corrected chi connectivity index (χ0v) is 7.75. The van der Waals surface area contributed by atoms with Gasteiger partial charge in [0.05, 0.1) is 7.11 Å². The summed E-state index contributed by atoms with van der Waals surface area (Å²) in [6.45, 7) is 5.25. The molecule has 0 amide bonds. The number of hydrogen-bond donors (Lipinski definition) is 1. The highest BCUT2D eigenvalue weighted by molar-refractivity contribution is 5.96. The predicted octanol–water partition coefficient (Wildman–Crippen LogP) is 1.22. The van der Waals surface area contributed by atoms with E-state index in [1.807, 2.05) is 13.8 Å². The van der Waals surface area contributed by atoms with Crippen molar-refractivity contribution < 1.29 is 19.4 Å². The van der Waals surface area contributed by atoms with Crippen LogP contribution in [0.2, 0.25) is 0 Å². The second-order valence-electron chi connectivity index (χ2n) is 1.63. The van der Waals surface area contributed by atoms with Gasteiger partial charge >= 0.3 is 5.97 Å². The van der Waals surface area contributed by atoms with Gasteiger partial charge in [-0.15, -0.1) is 0 Å². The van der Waals surface area contributed by atoms with E-state index in [2.05, 4.69) is 4.74 Å². The van der Waals surface area contributed by atoms with Gasteiger partial charge in [-0.3, -0.25) is 4.79 Å². The summed E-state index contributed by atoms with van der Waals surface area (Å²) in [7, 11) is 1.20. The van der Waals surface area contributed by atoms with Gasteiger partial charge in [0.25, 0.3) is 0 Å². The van der Waals surface area contributed by atoms with E-state index in [0.717, 1.165) is 6.08 Å². The minimum Gasteiger partial charge on any atom is -0.490 e. The van der Waals surface area contributed by atoms with Crippen molar-refractivity contribution in [3.8, 4) is 0 Å². The van der Waals surface area contributed by atoms with Crippen LogP contribution in [0.4, 0.5) is 0 Å². The number of ether oxygens (including phenoxy) is 1. The molecule has 0 atom stereocenters. The maximum absolute atomic E-state index is 10.3. The Balaban J connectivity index is 0. The quantitative estimate of drug-likeness (QED) is 0.516. The number of ketones is 1. The van der Waals surface area contributed by atoms with Gasteiger partial charge in [0, 0.05) is 6.08 Å². The minimum absolute atomic E-state index is 0.340. The lowest BCUT2D eigenvalue weighted by atomic mass is 10.3. The maximum atomic E-state index is 10.3. The molecule has 0 bridgehead atoms. The minimum atomic E-state index is -1.24. The van der Waals surface area contributed by atoms with Gasteiger partial charge in [-0.05, 0) is 6.92 Å². The van der Waals surface area contributed by atoms with Crippen LogP contribution < -0.4 is 0 Å². The zero-order valence-electron chi connectivity index (χ0n) is 7.75. The van der Waals surface area contributed by atoms with E-state index in [1.165, 1.54) is 14.0 Å². The van der Waals surface area contributed by atoms with E-state index in [4.69, 9.17) is 5.11 Å². The molecule has 0 aliphatic heterocycles. The zero-order chi connectivity index (χ0) is 10.1. The van der Waals surface area contributed by atoms with Gasteiger partial charge in [-0.1, -0.05) is 13.8 Å². The molecular formula is C8H14O4. The average Bonchev–Trinajstić information content (AvgIpc) is 2.03. The average molecular weight is 174 g/mol. The Hall–Kier alpha value is -1.32. The van der Waals surface area contributed by atoms with Crippen molar-refractivity contribution in [2.45, 2.75) is 20.8 Å². The summed E-state index contributed by atoms with van der Waals surface area (Å²) in [5.74, 6) is -1.93. The Morgan fingerprint density at radius 1 is 1.33 bits per heavy atom. The molecule has 0 rings (SSSR count). The third-order valence-corrected chi connectivity index (χ3v) is 0.765. The van der Waals surface area contributed by atoms with Crippen LogP contribution in [0.15, 0.2) is 11.8 Å². The lowest BCUT2D eigenvalue weighted by Crippen LogP contribution is -2.04. The molecule has 0 saturated heterocycles. The largest absolute Gasteiger partial charge is 0.490 e. The molecule has 4 nitrogen and oxygen atoms in total. The number of carboxylic acids is 1. The Kier molecular flexibility index (Phi) is 8.62. The van der Waals surface area contributed by atoms with E-state index >= 15 is 0 Å². The molecule has 12 heavy (non-hydrogen) atoms. The second kappa shape index (κ2) is 7.78. The first-order valence-electron chi connectivity index (χ1n) is 3.57. The number of aliphatic carboxylic acids is 1. The highest BCUT2D eigenvalue weighted by Crippen LogP contribution is 1.94. The van der Waals surface area contributed by atoms with Crippen molar-refractivity contribution in [1.82, 2.24) is 0 Å². The highest BCUT2D eigenvalue weighted by atomic mass is 16.5. The number of methoxy groups -OCH3 is 1. The lowest BCUT2D eigenvalue weighted by molar-refractivity contribution is -0.136. The summed E-state index contributed by atoms with van der Waals surface area (Å²) < 4.78 is 4.36. The standard InChI is InChI=1S/C6H8O4.C2H6/c1-4(7)3-5(10-2)6(8)9;1-2/h3H,1-2H3,(H,8,9);1-2H3/b5-3-;. The van der Waals surface area contributed by atoms with E-state index < -0.39 is 5.97 Å². The molecule has 0 spiro atoms. The van der Waals surface area contributed by atoms with Crippen molar-refractivity contribution in [1.29, 1.82) is 0 Å². The first-order chi connectivity index (χ1) is 5.57. The number of carboxylic acid groups (broad SMARTS) is 1. The van der Waals surface area contributed by atoms with Crippen molar-refractivity contribution in [2.24, 2.45) is 0 Å². The SMILES string of the molecule is CC.CO/C(=C\C(C)=O)C(=O)O. The number of carbonyl (C=O) groups excluding carboxylic acids is 1. The van der Waals surface area contributed by atoms with Crippen LogP contribution in [0.25, 0.3) is 0 Å². The number of allylic oxidation sites excluding steroid dienone is 1. The molecule has 1 N–H and O–H groups in total. The third-order valence-electron chi connectivity index (χ3n) is 0.765. The van der Waals surface area contributed by atoms with Crippen molar-refractivity contribution >= 4 is 11.8 Å². The van der Waals surface area contributed by atoms with Crippen molar-refractivity contribution in [3.05, 3.63) is 11.8 Å². The van der Waals surface area contributed by atoms with Gasteiger partial charge in [-0.2, -0.15) is 0 Å². The Labute approximate surface area is 71.8 Å². The number of rotatable bonds is 3.